The standard InChI is InChI=1S/C64H40N2S2/c1-2-17-42(18-3-1)47-36-37-50(49-21-7-6-20-48(47)49)64-52-35-33-45(65-55-22-8-12-26-59(55)67-60-27-13-9-23-56(60)65)39-53(52)63(44-31-30-41-16-4-5-19-43(41)38-44)51-34-32-46(40-54(51)64)66-57-24-10-14-28-61(57)68-62-29-15-11-25-58(62)66/h1-40H. The SMILES string of the molecule is c1ccc(-c2ccc(-c3c4ccc(N5c6ccccc6Sc6ccccc65)cc4c(-c4ccc5ccccc5c4)c4ccc(N5c6ccccc6Sc6ccccc65)cc34)c3ccccc23)cc1. The highest BCUT2D eigenvalue weighted by atomic mass is 32.2. The number of hydrogen-bond donors (Lipinski definition) is 0. The smallest absolute Gasteiger partial charge is 0.0601 e. The van der Waals surface area contributed by atoms with Gasteiger partial charge in [-0.05, 0) is 155 Å². The minimum absolute atomic E-state index is 1.13. The highest BCUT2D eigenvalue weighted by molar-refractivity contribution is 8.00. The van der Waals surface area contributed by atoms with E-state index in [-0.39, 0.29) is 0 Å². The fourth-order valence-electron chi connectivity index (χ4n) is 10.8. The van der Waals surface area contributed by atoms with E-state index in [1.165, 1.54) is 119 Å². The van der Waals surface area contributed by atoms with Crippen LogP contribution >= 0.6 is 23.5 Å². The molecule has 0 radical (unpaired) electrons. The van der Waals surface area contributed by atoms with Crippen LogP contribution in [0.2, 0.25) is 0 Å². The molecule has 12 aromatic carbocycles. The first-order chi connectivity index (χ1) is 33.7. The quantitative estimate of drug-likeness (QED) is 0.159. The van der Waals surface area contributed by atoms with E-state index in [0.717, 1.165) is 11.4 Å². The van der Waals surface area contributed by atoms with Gasteiger partial charge in [0.15, 0.2) is 0 Å². The van der Waals surface area contributed by atoms with Gasteiger partial charge in [0.05, 0.1) is 22.7 Å². The van der Waals surface area contributed by atoms with Crippen molar-refractivity contribution in [2.24, 2.45) is 0 Å². The van der Waals surface area contributed by atoms with E-state index in [9.17, 15) is 0 Å². The normalized spacial score (nSPS) is 12.8. The molecule has 0 saturated heterocycles. The fourth-order valence-corrected chi connectivity index (χ4v) is 12.9. The maximum Gasteiger partial charge on any atom is 0.0601 e. The Morgan fingerprint density at radius 3 is 1.26 bits per heavy atom. The third kappa shape index (κ3) is 6.22. The first-order valence-electron chi connectivity index (χ1n) is 23.2. The Morgan fingerprint density at radius 2 is 0.691 bits per heavy atom. The van der Waals surface area contributed by atoms with Gasteiger partial charge in [0.25, 0.3) is 0 Å². The number of hydrogen-bond acceptors (Lipinski definition) is 4. The van der Waals surface area contributed by atoms with Crippen LogP contribution in [0.3, 0.4) is 0 Å². The highest BCUT2D eigenvalue weighted by Crippen LogP contribution is 2.56. The Morgan fingerprint density at radius 1 is 0.250 bits per heavy atom. The Bertz CT molecular complexity index is 3920. The molecular weight excluding hydrogens is 861 g/mol. The number of nitrogens with zero attached hydrogens (tertiary/aromatic N) is 2. The van der Waals surface area contributed by atoms with Crippen molar-refractivity contribution in [1.29, 1.82) is 0 Å². The summed E-state index contributed by atoms with van der Waals surface area (Å²) in [5.41, 5.74) is 14.3. The van der Waals surface area contributed by atoms with Gasteiger partial charge < -0.3 is 9.80 Å². The van der Waals surface area contributed by atoms with Crippen molar-refractivity contribution in [1.82, 2.24) is 0 Å². The van der Waals surface area contributed by atoms with Crippen LogP contribution in [0, 0.1) is 0 Å². The summed E-state index contributed by atoms with van der Waals surface area (Å²) in [4.78, 5) is 9.92. The van der Waals surface area contributed by atoms with E-state index >= 15 is 0 Å². The molecule has 0 atom stereocenters. The van der Waals surface area contributed by atoms with Crippen LogP contribution in [0.25, 0.3) is 76.5 Å². The number of benzene rings is 12. The van der Waals surface area contributed by atoms with Gasteiger partial charge in [0.2, 0.25) is 0 Å². The van der Waals surface area contributed by atoms with Gasteiger partial charge in [0, 0.05) is 31.0 Å². The topological polar surface area (TPSA) is 6.48 Å². The van der Waals surface area contributed by atoms with Crippen LogP contribution in [0.15, 0.2) is 262 Å². The van der Waals surface area contributed by atoms with Crippen molar-refractivity contribution < 1.29 is 0 Å². The number of rotatable bonds is 5. The highest BCUT2D eigenvalue weighted by Gasteiger charge is 2.29. The molecule has 2 aliphatic rings. The zero-order chi connectivity index (χ0) is 44.7. The zero-order valence-electron chi connectivity index (χ0n) is 36.8. The molecule has 318 valence electrons. The lowest BCUT2D eigenvalue weighted by Crippen LogP contribution is -2.15. The minimum atomic E-state index is 1.13. The molecule has 2 heterocycles. The van der Waals surface area contributed by atoms with E-state index in [0.29, 0.717) is 0 Å². The fraction of sp³-hybridized carbons (Fsp3) is 0. The third-order valence-corrected chi connectivity index (χ3v) is 16.0. The molecule has 68 heavy (non-hydrogen) atoms. The van der Waals surface area contributed by atoms with Crippen molar-refractivity contribution in [3.8, 4) is 33.4 Å². The summed E-state index contributed by atoms with van der Waals surface area (Å²) >= 11 is 3.69. The largest absolute Gasteiger partial charge is 0.308 e. The average Bonchev–Trinajstić information content (AvgIpc) is 3.40. The van der Waals surface area contributed by atoms with Crippen LogP contribution in [0.1, 0.15) is 0 Å². The molecular formula is C64H40N2S2. The molecule has 0 aliphatic carbocycles. The van der Waals surface area contributed by atoms with Crippen molar-refractivity contribution in [3.05, 3.63) is 243 Å². The van der Waals surface area contributed by atoms with E-state index in [1.54, 1.807) is 0 Å². The second kappa shape index (κ2) is 15.8. The van der Waals surface area contributed by atoms with Gasteiger partial charge in [0.1, 0.15) is 0 Å². The number of fused-ring (bicyclic) bond motifs is 8. The molecule has 0 unspecified atom stereocenters. The van der Waals surface area contributed by atoms with Crippen LogP contribution in [0.5, 0.6) is 0 Å². The molecule has 0 amide bonds. The van der Waals surface area contributed by atoms with Crippen LogP contribution in [0.4, 0.5) is 34.1 Å². The molecule has 0 N–H and O–H groups in total. The van der Waals surface area contributed by atoms with Gasteiger partial charge in [-0.2, -0.15) is 0 Å². The van der Waals surface area contributed by atoms with Gasteiger partial charge in [-0.25, -0.2) is 0 Å². The summed E-state index contributed by atoms with van der Waals surface area (Å²) in [7, 11) is 0. The molecule has 2 aliphatic heterocycles. The lowest BCUT2D eigenvalue weighted by Gasteiger charge is -2.34. The molecule has 14 rings (SSSR count). The van der Waals surface area contributed by atoms with Crippen molar-refractivity contribution in [3.63, 3.8) is 0 Å². The molecule has 0 saturated carbocycles. The van der Waals surface area contributed by atoms with E-state index in [1.807, 2.05) is 23.5 Å². The molecule has 0 fully saturated rings. The maximum absolute atomic E-state index is 2.47. The number of anilines is 6. The summed E-state index contributed by atoms with van der Waals surface area (Å²) in [6, 6.07) is 90.0. The second-order valence-electron chi connectivity index (χ2n) is 17.6. The molecule has 0 bridgehead atoms. The van der Waals surface area contributed by atoms with Crippen LogP contribution in [-0.2, 0) is 0 Å². The molecule has 12 aromatic rings. The Balaban J connectivity index is 1.12. The molecule has 0 aromatic heterocycles. The Hall–Kier alpha value is -8.02. The van der Waals surface area contributed by atoms with Gasteiger partial charge in [-0.15, -0.1) is 0 Å². The lowest BCUT2D eigenvalue weighted by molar-refractivity contribution is 1.17. The summed E-state index contributed by atoms with van der Waals surface area (Å²) < 4.78 is 0. The zero-order valence-corrected chi connectivity index (χ0v) is 38.4. The van der Waals surface area contributed by atoms with E-state index in [4.69, 9.17) is 0 Å². The van der Waals surface area contributed by atoms with Crippen molar-refractivity contribution >= 4 is 101 Å². The summed E-state index contributed by atoms with van der Waals surface area (Å²) in [6.45, 7) is 0. The number of para-hydroxylation sites is 4. The van der Waals surface area contributed by atoms with E-state index in [2.05, 4.69) is 252 Å². The van der Waals surface area contributed by atoms with Gasteiger partial charge >= 0.3 is 0 Å². The maximum atomic E-state index is 2.47. The van der Waals surface area contributed by atoms with Crippen molar-refractivity contribution in [2.45, 2.75) is 19.6 Å². The average molecular weight is 901 g/mol. The molecule has 4 heteroatoms. The second-order valence-corrected chi connectivity index (χ2v) is 19.8. The lowest BCUT2D eigenvalue weighted by atomic mass is 9.83. The summed E-state index contributed by atoms with van der Waals surface area (Å²) in [5.74, 6) is 0. The Kier molecular flexibility index (Phi) is 9.11. The predicted octanol–water partition coefficient (Wildman–Crippen LogP) is 19.2. The first-order valence-corrected chi connectivity index (χ1v) is 24.8. The Labute approximate surface area is 403 Å². The van der Waals surface area contributed by atoms with Gasteiger partial charge in [-0.3, -0.25) is 0 Å². The molecule has 2 nitrogen and oxygen atoms in total. The monoisotopic (exact) mass is 900 g/mol. The summed E-state index contributed by atoms with van der Waals surface area (Å²) in [5, 5.41) is 9.76. The van der Waals surface area contributed by atoms with Crippen LogP contribution in [-0.4, -0.2) is 0 Å². The van der Waals surface area contributed by atoms with E-state index < -0.39 is 0 Å². The minimum Gasteiger partial charge on any atom is -0.308 e. The van der Waals surface area contributed by atoms with Crippen molar-refractivity contribution in [2.75, 3.05) is 9.80 Å². The predicted molar refractivity (Wildman–Crippen MR) is 290 cm³/mol. The van der Waals surface area contributed by atoms with Gasteiger partial charge in [-0.1, -0.05) is 187 Å². The summed E-state index contributed by atoms with van der Waals surface area (Å²) in [6.07, 6.45) is 0. The molecule has 0 spiro atoms. The first kappa shape index (κ1) is 39.2. The van der Waals surface area contributed by atoms with Crippen LogP contribution < -0.4 is 9.80 Å². The third-order valence-electron chi connectivity index (χ3n) is 13.8.